The molecular weight excluding hydrogens is 277 g/mol. The van der Waals surface area contributed by atoms with E-state index in [0.29, 0.717) is 17.1 Å². The summed E-state index contributed by atoms with van der Waals surface area (Å²) in [4.78, 5) is 0. The number of benzene rings is 1. The van der Waals surface area contributed by atoms with Gasteiger partial charge in [0.1, 0.15) is 5.82 Å². The zero-order valence-electron chi connectivity index (χ0n) is 12.0. The summed E-state index contributed by atoms with van der Waals surface area (Å²) in [6, 6.07) is 4.52. The normalized spacial score (nSPS) is 12.7. The summed E-state index contributed by atoms with van der Waals surface area (Å²) in [7, 11) is 0. The van der Waals surface area contributed by atoms with Crippen molar-refractivity contribution < 1.29 is 4.39 Å². The Kier molecular flexibility index (Phi) is 4.45. The SMILES string of the molecule is CCC(N)c1c(C)nn(Cc2cc(Cl)ccc2F)c1C. The van der Waals surface area contributed by atoms with Crippen LogP contribution in [0.25, 0.3) is 0 Å². The van der Waals surface area contributed by atoms with Gasteiger partial charge in [0.25, 0.3) is 0 Å². The van der Waals surface area contributed by atoms with Crippen molar-refractivity contribution in [3.05, 3.63) is 51.6 Å². The molecule has 0 spiro atoms. The maximum atomic E-state index is 13.8. The number of rotatable bonds is 4. The van der Waals surface area contributed by atoms with E-state index in [1.54, 1.807) is 16.8 Å². The molecule has 2 N–H and O–H groups in total. The van der Waals surface area contributed by atoms with Crippen LogP contribution in [0.4, 0.5) is 4.39 Å². The van der Waals surface area contributed by atoms with Gasteiger partial charge in [-0.3, -0.25) is 4.68 Å². The van der Waals surface area contributed by atoms with E-state index in [4.69, 9.17) is 17.3 Å². The monoisotopic (exact) mass is 295 g/mol. The Morgan fingerprint density at radius 3 is 2.75 bits per heavy atom. The second kappa shape index (κ2) is 5.94. The van der Waals surface area contributed by atoms with E-state index in [1.807, 2.05) is 20.8 Å². The van der Waals surface area contributed by atoms with E-state index in [2.05, 4.69) is 5.10 Å². The fourth-order valence-electron chi connectivity index (χ4n) is 2.43. The molecule has 1 heterocycles. The van der Waals surface area contributed by atoms with Gasteiger partial charge in [-0.1, -0.05) is 18.5 Å². The fraction of sp³-hybridized carbons (Fsp3) is 0.400. The van der Waals surface area contributed by atoms with Gasteiger partial charge >= 0.3 is 0 Å². The Bertz CT molecular complexity index is 622. The zero-order chi connectivity index (χ0) is 14.9. The molecule has 0 amide bonds. The van der Waals surface area contributed by atoms with E-state index in [1.165, 1.54) is 6.07 Å². The first-order valence-corrected chi connectivity index (χ1v) is 7.05. The van der Waals surface area contributed by atoms with Crippen molar-refractivity contribution >= 4 is 11.6 Å². The molecule has 0 saturated carbocycles. The third kappa shape index (κ3) is 2.86. The van der Waals surface area contributed by atoms with E-state index in [0.717, 1.165) is 23.4 Å². The van der Waals surface area contributed by atoms with E-state index >= 15 is 0 Å². The van der Waals surface area contributed by atoms with Gasteiger partial charge < -0.3 is 5.73 Å². The van der Waals surface area contributed by atoms with Gasteiger partial charge in [-0.25, -0.2) is 4.39 Å². The lowest BCUT2D eigenvalue weighted by atomic mass is 10.0. The molecule has 1 aromatic carbocycles. The first-order chi connectivity index (χ1) is 9.43. The van der Waals surface area contributed by atoms with Crippen LogP contribution in [0, 0.1) is 19.7 Å². The molecule has 0 aliphatic heterocycles. The molecule has 0 saturated heterocycles. The van der Waals surface area contributed by atoms with Crippen LogP contribution in [-0.2, 0) is 6.54 Å². The second-order valence-corrected chi connectivity index (χ2v) is 5.43. The Hall–Kier alpha value is -1.39. The minimum Gasteiger partial charge on any atom is -0.324 e. The molecule has 5 heteroatoms. The molecule has 3 nitrogen and oxygen atoms in total. The van der Waals surface area contributed by atoms with Gasteiger partial charge in [0.15, 0.2) is 0 Å². The summed E-state index contributed by atoms with van der Waals surface area (Å²) in [5.74, 6) is -0.275. The second-order valence-electron chi connectivity index (χ2n) is 4.99. The van der Waals surface area contributed by atoms with Crippen molar-refractivity contribution in [3.8, 4) is 0 Å². The summed E-state index contributed by atoms with van der Waals surface area (Å²) in [6.07, 6.45) is 0.846. The van der Waals surface area contributed by atoms with Gasteiger partial charge in [0.05, 0.1) is 12.2 Å². The molecule has 108 valence electrons. The summed E-state index contributed by atoms with van der Waals surface area (Å²) in [5.41, 5.74) is 9.57. The molecule has 20 heavy (non-hydrogen) atoms. The first-order valence-electron chi connectivity index (χ1n) is 6.67. The number of aryl methyl sites for hydroxylation is 1. The van der Waals surface area contributed by atoms with Crippen molar-refractivity contribution in [1.29, 1.82) is 0 Å². The predicted molar refractivity (Wildman–Crippen MR) is 79.4 cm³/mol. The molecule has 0 fully saturated rings. The zero-order valence-corrected chi connectivity index (χ0v) is 12.7. The topological polar surface area (TPSA) is 43.8 Å². The van der Waals surface area contributed by atoms with Crippen LogP contribution in [0.1, 0.15) is 41.9 Å². The maximum absolute atomic E-state index is 13.8. The third-order valence-corrected chi connectivity index (χ3v) is 3.81. The Morgan fingerprint density at radius 1 is 1.40 bits per heavy atom. The average Bonchev–Trinajstić information content (AvgIpc) is 2.68. The number of hydrogen-bond donors (Lipinski definition) is 1. The average molecular weight is 296 g/mol. The fourth-order valence-corrected chi connectivity index (χ4v) is 2.63. The highest BCUT2D eigenvalue weighted by Crippen LogP contribution is 2.23. The molecular formula is C15H19ClFN3. The largest absolute Gasteiger partial charge is 0.324 e. The van der Waals surface area contributed by atoms with Gasteiger partial charge in [0.2, 0.25) is 0 Å². The third-order valence-electron chi connectivity index (χ3n) is 3.58. The standard InChI is InChI=1S/C15H19ClFN3/c1-4-14(18)15-9(2)19-20(10(15)3)8-11-7-12(16)5-6-13(11)17/h5-7,14H,4,8,18H2,1-3H3. The quantitative estimate of drug-likeness (QED) is 0.933. The van der Waals surface area contributed by atoms with Crippen molar-refractivity contribution in [3.63, 3.8) is 0 Å². The summed E-state index contributed by atoms with van der Waals surface area (Å²) < 4.78 is 15.6. The first kappa shape index (κ1) is 15.0. The van der Waals surface area contributed by atoms with E-state index in [9.17, 15) is 4.39 Å². The van der Waals surface area contributed by atoms with Crippen molar-refractivity contribution in [2.75, 3.05) is 0 Å². The van der Waals surface area contributed by atoms with Gasteiger partial charge in [-0.15, -0.1) is 0 Å². The highest BCUT2D eigenvalue weighted by atomic mass is 35.5. The molecule has 1 unspecified atom stereocenters. The lowest BCUT2D eigenvalue weighted by molar-refractivity contribution is 0.577. The summed E-state index contributed by atoms with van der Waals surface area (Å²) in [6.45, 7) is 6.29. The molecule has 0 radical (unpaired) electrons. The van der Waals surface area contributed by atoms with Crippen molar-refractivity contribution in [2.24, 2.45) is 5.73 Å². The highest BCUT2D eigenvalue weighted by molar-refractivity contribution is 6.30. The molecule has 0 bridgehead atoms. The van der Waals surface area contributed by atoms with Gasteiger partial charge in [-0.2, -0.15) is 5.10 Å². The van der Waals surface area contributed by atoms with Crippen LogP contribution in [0.2, 0.25) is 5.02 Å². The van der Waals surface area contributed by atoms with Crippen LogP contribution in [0.3, 0.4) is 0 Å². The molecule has 2 aromatic rings. The molecule has 2 rings (SSSR count). The smallest absolute Gasteiger partial charge is 0.128 e. The lowest BCUT2D eigenvalue weighted by Crippen LogP contribution is -2.11. The number of halogens is 2. The van der Waals surface area contributed by atoms with Crippen LogP contribution >= 0.6 is 11.6 Å². The predicted octanol–water partition coefficient (Wildman–Crippen LogP) is 3.75. The Balaban J connectivity index is 2.37. The van der Waals surface area contributed by atoms with Gasteiger partial charge in [0, 0.05) is 27.9 Å². The minimum atomic E-state index is -0.275. The lowest BCUT2D eigenvalue weighted by Gasteiger charge is -2.10. The number of hydrogen-bond acceptors (Lipinski definition) is 2. The van der Waals surface area contributed by atoms with Crippen LogP contribution < -0.4 is 5.73 Å². The summed E-state index contributed by atoms with van der Waals surface area (Å²) >= 11 is 5.92. The van der Waals surface area contributed by atoms with Crippen molar-refractivity contribution in [1.82, 2.24) is 9.78 Å². The van der Waals surface area contributed by atoms with Crippen LogP contribution in [0.5, 0.6) is 0 Å². The van der Waals surface area contributed by atoms with Crippen molar-refractivity contribution in [2.45, 2.75) is 39.8 Å². The summed E-state index contributed by atoms with van der Waals surface area (Å²) in [5, 5.41) is 4.99. The number of aromatic nitrogens is 2. The number of nitrogens with two attached hydrogens (primary N) is 1. The Morgan fingerprint density at radius 2 is 2.10 bits per heavy atom. The molecule has 0 aliphatic rings. The van der Waals surface area contributed by atoms with Gasteiger partial charge in [-0.05, 0) is 38.5 Å². The van der Waals surface area contributed by atoms with E-state index in [-0.39, 0.29) is 11.9 Å². The highest BCUT2D eigenvalue weighted by Gasteiger charge is 2.17. The molecule has 1 atom stereocenters. The Labute approximate surface area is 123 Å². The van der Waals surface area contributed by atoms with E-state index < -0.39 is 0 Å². The minimum absolute atomic E-state index is 0.0343. The molecule has 1 aromatic heterocycles. The van der Waals surface area contributed by atoms with Crippen LogP contribution in [-0.4, -0.2) is 9.78 Å². The molecule has 0 aliphatic carbocycles. The van der Waals surface area contributed by atoms with Crippen LogP contribution in [0.15, 0.2) is 18.2 Å². The number of nitrogens with zero attached hydrogens (tertiary/aromatic N) is 2. The maximum Gasteiger partial charge on any atom is 0.128 e.